The summed E-state index contributed by atoms with van der Waals surface area (Å²) >= 11 is 3.43. The second-order valence-electron chi connectivity index (χ2n) is 3.34. The summed E-state index contributed by atoms with van der Waals surface area (Å²) < 4.78 is 0. The molecule has 0 N–H and O–H groups in total. The third kappa shape index (κ3) is 5.24. The fourth-order valence-electron chi connectivity index (χ4n) is 0.777. The van der Waals surface area contributed by atoms with Crippen molar-refractivity contribution < 1.29 is 0 Å². The Labute approximate surface area is 73.9 Å². The zero-order chi connectivity index (χ0) is 8.04. The van der Waals surface area contributed by atoms with Crippen molar-refractivity contribution >= 4 is 24.0 Å². The van der Waals surface area contributed by atoms with Crippen LogP contribution in [-0.4, -0.2) is 13.4 Å². The summed E-state index contributed by atoms with van der Waals surface area (Å²) in [5.41, 5.74) is 2.18. The molecule has 0 amide bonds. The average molecular weight is 221 g/mol. The molecule has 0 aromatic carbocycles. The molecular weight excluding hydrogens is 204 g/mol. The molecule has 60 valence electrons. The van der Waals surface area contributed by atoms with Gasteiger partial charge in [-0.1, -0.05) is 41.5 Å². The van der Waals surface area contributed by atoms with Crippen LogP contribution in [0.25, 0.3) is 0 Å². The van der Waals surface area contributed by atoms with Crippen molar-refractivity contribution in [3.05, 3.63) is 12.3 Å². The van der Waals surface area contributed by atoms with Gasteiger partial charge < -0.3 is 0 Å². The van der Waals surface area contributed by atoms with E-state index in [1.807, 2.05) is 0 Å². The lowest BCUT2D eigenvalue weighted by Gasteiger charge is -2.15. The molecule has 0 spiro atoms. The quantitative estimate of drug-likeness (QED) is 0.378. The molecule has 0 atom stereocenters. The maximum atomic E-state index is 3.86. The van der Waals surface area contributed by atoms with Gasteiger partial charge in [-0.15, -0.1) is 12.3 Å². The summed E-state index contributed by atoms with van der Waals surface area (Å²) in [5, 5.41) is 1.15. The minimum absolute atomic E-state index is 0.971. The number of rotatable bonds is 5. The van der Waals surface area contributed by atoms with Crippen molar-refractivity contribution in [1.82, 2.24) is 0 Å². The van der Waals surface area contributed by atoms with Crippen LogP contribution in [0.3, 0.4) is 0 Å². The average Bonchev–Trinajstić information content (AvgIpc) is 1.89. The first-order chi connectivity index (χ1) is 4.62. The predicted molar refractivity (Wildman–Crippen MR) is 55.5 cm³/mol. The Morgan fingerprint density at radius 3 is 2.40 bits per heavy atom. The fourth-order valence-corrected chi connectivity index (χ4v) is 2.54. The van der Waals surface area contributed by atoms with E-state index in [1.165, 1.54) is 18.9 Å². The van der Waals surface area contributed by atoms with E-state index < -0.39 is 8.07 Å². The predicted octanol–water partition coefficient (Wildman–Crippen LogP) is 3.60. The molecule has 0 nitrogen and oxygen atoms in total. The van der Waals surface area contributed by atoms with Crippen LogP contribution in [0.1, 0.15) is 12.8 Å². The number of halogens is 1. The maximum absolute atomic E-state index is 3.86. The highest BCUT2D eigenvalue weighted by Crippen LogP contribution is 2.14. The summed E-state index contributed by atoms with van der Waals surface area (Å²) in [7, 11) is -0.971. The van der Waals surface area contributed by atoms with Crippen LogP contribution in [0.15, 0.2) is 12.3 Å². The molecule has 0 rings (SSSR count). The lowest BCUT2D eigenvalue weighted by molar-refractivity contribution is 0.885. The third-order valence-corrected chi connectivity index (χ3v) is 5.07. The van der Waals surface area contributed by atoms with E-state index in [9.17, 15) is 0 Å². The largest absolute Gasteiger partial charge is 0.107 e. The normalized spacial score (nSPS) is 11.5. The zero-order valence-electron chi connectivity index (χ0n) is 6.99. The lowest BCUT2D eigenvalue weighted by atomic mass is 10.4. The first-order valence-corrected chi connectivity index (χ1v) is 8.22. The van der Waals surface area contributed by atoms with Gasteiger partial charge in [0.25, 0.3) is 0 Å². The molecule has 0 aliphatic heterocycles. The van der Waals surface area contributed by atoms with E-state index in [1.54, 1.807) is 0 Å². The standard InChI is InChI=1S/C8H17BrSi/c1-4-10(2,3)8-6-5-7-9/h4H,1,5-8H2,2-3H3. The number of hydrogen-bond acceptors (Lipinski definition) is 0. The molecule has 0 saturated heterocycles. The van der Waals surface area contributed by atoms with Crippen LogP contribution in [0.5, 0.6) is 0 Å². The van der Waals surface area contributed by atoms with Crippen molar-refractivity contribution in [3.63, 3.8) is 0 Å². The molecule has 0 heterocycles. The topological polar surface area (TPSA) is 0 Å². The molecule has 0 fully saturated rings. The first kappa shape index (κ1) is 10.4. The second kappa shape index (κ2) is 5.14. The molecule has 0 saturated carbocycles. The van der Waals surface area contributed by atoms with Crippen LogP contribution in [0.2, 0.25) is 19.1 Å². The summed E-state index contributed by atoms with van der Waals surface area (Å²) in [5.74, 6) is 0. The van der Waals surface area contributed by atoms with Gasteiger partial charge >= 0.3 is 0 Å². The van der Waals surface area contributed by atoms with Gasteiger partial charge in [0, 0.05) is 5.33 Å². The molecule has 0 unspecified atom stereocenters. The molecule has 0 aliphatic carbocycles. The van der Waals surface area contributed by atoms with E-state index in [0.29, 0.717) is 0 Å². The van der Waals surface area contributed by atoms with Gasteiger partial charge in [0.05, 0.1) is 8.07 Å². The van der Waals surface area contributed by atoms with Gasteiger partial charge in [0.1, 0.15) is 0 Å². The Balaban J connectivity index is 3.37. The minimum Gasteiger partial charge on any atom is -0.107 e. The third-order valence-electron chi connectivity index (χ3n) is 1.76. The Morgan fingerprint density at radius 2 is 2.00 bits per heavy atom. The van der Waals surface area contributed by atoms with Crippen molar-refractivity contribution in [2.24, 2.45) is 0 Å². The number of alkyl halides is 1. The molecule has 0 aromatic heterocycles. The highest BCUT2D eigenvalue weighted by molar-refractivity contribution is 9.09. The van der Waals surface area contributed by atoms with Crippen LogP contribution in [0.4, 0.5) is 0 Å². The molecule has 0 aliphatic rings. The van der Waals surface area contributed by atoms with Crippen molar-refractivity contribution in [2.45, 2.75) is 32.0 Å². The van der Waals surface area contributed by atoms with E-state index in [-0.39, 0.29) is 0 Å². The van der Waals surface area contributed by atoms with E-state index in [0.717, 1.165) is 5.33 Å². The van der Waals surface area contributed by atoms with Gasteiger partial charge in [-0.25, -0.2) is 0 Å². The Kier molecular flexibility index (Phi) is 5.36. The Morgan fingerprint density at radius 1 is 1.40 bits per heavy atom. The zero-order valence-corrected chi connectivity index (χ0v) is 9.58. The van der Waals surface area contributed by atoms with Crippen LogP contribution >= 0.6 is 15.9 Å². The summed E-state index contributed by atoms with van der Waals surface area (Å²) in [6.07, 6.45) is 2.67. The SMILES string of the molecule is C=C[Si](C)(C)CCCCBr. The highest BCUT2D eigenvalue weighted by atomic mass is 79.9. The Hall–Kier alpha value is 0.437. The molecule has 0 bridgehead atoms. The molecule has 2 heteroatoms. The Bertz CT molecular complexity index is 99.4. The molecule has 10 heavy (non-hydrogen) atoms. The van der Waals surface area contributed by atoms with Gasteiger partial charge in [0.15, 0.2) is 0 Å². The summed E-state index contributed by atoms with van der Waals surface area (Å²) in [6.45, 7) is 8.60. The van der Waals surface area contributed by atoms with E-state index >= 15 is 0 Å². The second-order valence-corrected chi connectivity index (χ2v) is 9.02. The van der Waals surface area contributed by atoms with Gasteiger partial charge in [-0.2, -0.15) is 0 Å². The van der Waals surface area contributed by atoms with Crippen molar-refractivity contribution in [1.29, 1.82) is 0 Å². The van der Waals surface area contributed by atoms with Crippen molar-refractivity contribution in [3.8, 4) is 0 Å². The lowest BCUT2D eigenvalue weighted by Crippen LogP contribution is -2.21. The van der Waals surface area contributed by atoms with Gasteiger partial charge in [-0.05, 0) is 6.42 Å². The highest BCUT2D eigenvalue weighted by Gasteiger charge is 2.13. The monoisotopic (exact) mass is 220 g/mol. The maximum Gasteiger partial charge on any atom is 0.0709 e. The van der Waals surface area contributed by atoms with Gasteiger partial charge in [-0.3, -0.25) is 0 Å². The smallest absolute Gasteiger partial charge is 0.0709 e. The van der Waals surface area contributed by atoms with Crippen LogP contribution in [-0.2, 0) is 0 Å². The number of hydrogen-bond donors (Lipinski definition) is 0. The molecule has 0 aromatic rings. The van der Waals surface area contributed by atoms with E-state index in [4.69, 9.17) is 0 Å². The fraction of sp³-hybridized carbons (Fsp3) is 0.750. The van der Waals surface area contributed by atoms with Crippen LogP contribution in [0, 0.1) is 0 Å². The first-order valence-electron chi connectivity index (χ1n) is 3.82. The van der Waals surface area contributed by atoms with Crippen molar-refractivity contribution in [2.75, 3.05) is 5.33 Å². The van der Waals surface area contributed by atoms with Crippen LogP contribution < -0.4 is 0 Å². The van der Waals surface area contributed by atoms with E-state index in [2.05, 4.69) is 41.3 Å². The number of unbranched alkanes of at least 4 members (excludes halogenated alkanes) is 1. The van der Waals surface area contributed by atoms with Gasteiger partial charge in [0.2, 0.25) is 0 Å². The molecule has 0 radical (unpaired) electrons. The molecular formula is C8H17BrSi. The minimum atomic E-state index is -0.971. The summed E-state index contributed by atoms with van der Waals surface area (Å²) in [4.78, 5) is 0. The summed E-state index contributed by atoms with van der Waals surface area (Å²) in [6, 6.07) is 1.39.